The Morgan fingerprint density at radius 2 is 2.12 bits per heavy atom. The second kappa shape index (κ2) is 4.23. The summed E-state index contributed by atoms with van der Waals surface area (Å²) in [6.45, 7) is -0.0543. The zero-order valence-corrected chi connectivity index (χ0v) is 8.67. The molecule has 1 aromatic rings. The molecule has 0 aromatic carbocycles. The molecule has 3 unspecified atom stereocenters. The molecule has 1 heterocycles. The fourth-order valence-corrected chi connectivity index (χ4v) is 2.27. The van der Waals surface area contributed by atoms with E-state index in [0.29, 0.717) is 6.42 Å². The molecule has 0 bridgehead atoms. The third-order valence-electron chi connectivity index (χ3n) is 3.30. The van der Waals surface area contributed by atoms with E-state index in [-0.39, 0.29) is 31.1 Å². The maximum absolute atomic E-state index is 11.5. The van der Waals surface area contributed by atoms with Gasteiger partial charge in [0.2, 0.25) is 0 Å². The lowest BCUT2D eigenvalue weighted by Crippen LogP contribution is -2.46. The van der Waals surface area contributed by atoms with E-state index < -0.39 is 11.2 Å². The lowest BCUT2D eigenvalue weighted by atomic mass is 9.70. The van der Waals surface area contributed by atoms with Gasteiger partial charge in [-0.2, -0.15) is 0 Å². The molecular weight excluding hydrogens is 212 g/mol. The minimum Gasteiger partial charge on any atom is -0.396 e. The van der Waals surface area contributed by atoms with E-state index in [1.165, 1.54) is 16.8 Å². The summed E-state index contributed by atoms with van der Waals surface area (Å²) in [6, 6.07) is 1.15. The Bertz CT molecular complexity index is 478. The van der Waals surface area contributed by atoms with Gasteiger partial charge in [0.05, 0.1) is 0 Å². The molecule has 1 saturated carbocycles. The highest BCUT2D eigenvalue weighted by molar-refractivity contribution is 4.96. The van der Waals surface area contributed by atoms with Crippen molar-refractivity contribution in [2.24, 2.45) is 11.8 Å². The van der Waals surface area contributed by atoms with Crippen LogP contribution >= 0.6 is 0 Å². The maximum Gasteiger partial charge on any atom is 0.328 e. The Hall–Kier alpha value is -1.40. The molecule has 3 N–H and O–H groups in total. The number of nitrogens with zero attached hydrogens (tertiary/aromatic N) is 1. The number of aromatic amines is 1. The number of hydrogen-bond acceptors (Lipinski definition) is 4. The van der Waals surface area contributed by atoms with Crippen LogP contribution in [0.15, 0.2) is 21.9 Å². The van der Waals surface area contributed by atoms with Crippen molar-refractivity contribution in [1.82, 2.24) is 9.55 Å². The maximum atomic E-state index is 11.5. The lowest BCUT2D eigenvalue weighted by Gasteiger charge is -2.43. The van der Waals surface area contributed by atoms with Crippen molar-refractivity contribution in [3.8, 4) is 0 Å². The molecule has 2 rings (SSSR count). The SMILES string of the molecule is O=c1ccn(C2CC(CO)C2CO)c(=O)[nH]1. The first-order valence-corrected chi connectivity index (χ1v) is 5.20. The smallest absolute Gasteiger partial charge is 0.328 e. The van der Waals surface area contributed by atoms with Crippen LogP contribution in [-0.4, -0.2) is 33.0 Å². The van der Waals surface area contributed by atoms with Crippen LogP contribution < -0.4 is 11.2 Å². The van der Waals surface area contributed by atoms with Crippen LogP contribution in [-0.2, 0) is 0 Å². The van der Waals surface area contributed by atoms with Crippen LogP contribution in [0.25, 0.3) is 0 Å². The third-order valence-corrected chi connectivity index (χ3v) is 3.30. The molecule has 1 aliphatic carbocycles. The van der Waals surface area contributed by atoms with E-state index in [1.807, 2.05) is 0 Å². The number of aromatic nitrogens is 2. The summed E-state index contributed by atoms with van der Waals surface area (Å²) in [7, 11) is 0. The minimum atomic E-state index is -0.465. The normalized spacial score (nSPS) is 28.8. The van der Waals surface area contributed by atoms with Crippen molar-refractivity contribution in [3.05, 3.63) is 33.1 Å². The molecule has 1 fully saturated rings. The lowest BCUT2D eigenvalue weighted by molar-refractivity contribution is -0.00874. The fraction of sp³-hybridized carbons (Fsp3) is 0.600. The van der Waals surface area contributed by atoms with Gasteiger partial charge in [-0.1, -0.05) is 0 Å². The molecule has 0 spiro atoms. The summed E-state index contributed by atoms with van der Waals surface area (Å²) in [5.41, 5.74) is -0.896. The van der Waals surface area contributed by atoms with Crippen molar-refractivity contribution >= 4 is 0 Å². The van der Waals surface area contributed by atoms with E-state index in [0.717, 1.165) is 0 Å². The number of aliphatic hydroxyl groups is 2. The van der Waals surface area contributed by atoms with E-state index in [1.54, 1.807) is 0 Å². The average Bonchev–Trinajstić information content (AvgIpc) is 2.21. The minimum absolute atomic E-state index is 0.0137. The highest BCUT2D eigenvalue weighted by Gasteiger charge is 2.41. The standard InChI is InChI=1S/C10H14N2O4/c13-4-6-3-8(7(6)5-14)12-2-1-9(15)11-10(12)16/h1-2,6-8,13-14H,3-5H2,(H,11,15,16). The van der Waals surface area contributed by atoms with Crippen LogP contribution in [0, 0.1) is 11.8 Å². The largest absolute Gasteiger partial charge is 0.396 e. The molecule has 16 heavy (non-hydrogen) atoms. The second-order valence-corrected chi connectivity index (χ2v) is 4.11. The van der Waals surface area contributed by atoms with Gasteiger partial charge in [-0.15, -0.1) is 0 Å². The van der Waals surface area contributed by atoms with Crippen molar-refractivity contribution in [2.45, 2.75) is 12.5 Å². The number of hydrogen-bond donors (Lipinski definition) is 3. The molecule has 0 radical (unpaired) electrons. The van der Waals surface area contributed by atoms with Gasteiger partial charge in [-0.3, -0.25) is 14.3 Å². The molecule has 6 nitrogen and oxygen atoms in total. The van der Waals surface area contributed by atoms with Gasteiger partial charge in [0.25, 0.3) is 5.56 Å². The van der Waals surface area contributed by atoms with Crippen molar-refractivity contribution in [3.63, 3.8) is 0 Å². The van der Waals surface area contributed by atoms with Crippen molar-refractivity contribution in [2.75, 3.05) is 13.2 Å². The zero-order valence-electron chi connectivity index (χ0n) is 8.67. The molecule has 0 saturated heterocycles. The van der Waals surface area contributed by atoms with Gasteiger partial charge < -0.3 is 10.2 Å². The summed E-state index contributed by atoms with van der Waals surface area (Å²) in [6.07, 6.45) is 2.08. The predicted molar refractivity (Wildman–Crippen MR) is 56.1 cm³/mol. The quantitative estimate of drug-likeness (QED) is 0.597. The molecule has 0 aliphatic heterocycles. The first-order valence-electron chi connectivity index (χ1n) is 5.20. The van der Waals surface area contributed by atoms with Gasteiger partial charge in [-0.05, 0) is 12.3 Å². The highest BCUT2D eigenvalue weighted by Crippen LogP contribution is 2.42. The fourth-order valence-electron chi connectivity index (χ4n) is 2.27. The van der Waals surface area contributed by atoms with E-state index in [4.69, 9.17) is 10.2 Å². The van der Waals surface area contributed by atoms with Crippen LogP contribution in [0.1, 0.15) is 12.5 Å². The average molecular weight is 226 g/mol. The van der Waals surface area contributed by atoms with Gasteiger partial charge in [0, 0.05) is 37.4 Å². The summed E-state index contributed by atoms with van der Waals surface area (Å²) in [4.78, 5) is 24.6. The molecule has 3 atom stereocenters. The second-order valence-electron chi connectivity index (χ2n) is 4.11. The van der Waals surface area contributed by atoms with Gasteiger partial charge in [0.15, 0.2) is 0 Å². The van der Waals surface area contributed by atoms with Crippen molar-refractivity contribution in [1.29, 1.82) is 0 Å². The van der Waals surface area contributed by atoms with E-state index in [2.05, 4.69) is 4.98 Å². The van der Waals surface area contributed by atoms with Crippen LogP contribution in [0.3, 0.4) is 0 Å². The molecule has 6 heteroatoms. The molecular formula is C10H14N2O4. The Morgan fingerprint density at radius 3 is 2.69 bits per heavy atom. The topological polar surface area (TPSA) is 95.3 Å². The monoisotopic (exact) mass is 226 g/mol. The zero-order chi connectivity index (χ0) is 11.7. The summed E-state index contributed by atoms with van der Waals surface area (Å²) in [5, 5.41) is 18.2. The number of H-pyrrole nitrogens is 1. The third kappa shape index (κ3) is 1.70. The Labute approximate surface area is 91.2 Å². The molecule has 1 aliphatic rings. The molecule has 88 valence electrons. The Morgan fingerprint density at radius 1 is 1.38 bits per heavy atom. The number of rotatable bonds is 3. The Balaban J connectivity index is 2.26. The Kier molecular flexibility index (Phi) is 2.93. The first kappa shape index (κ1) is 11.1. The predicted octanol–water partition coefficient (Wildman–Crippen LogP) is -1.30. The summed E-state index contributed by atoms with van der Waals surface area (Å²) in [5.74, 6) is -0.0811. The first-order chi connectivity index (χ1) is 7.67. The van der Waals surface area contributed by atoms with Gasteiger partial charge in [-0.25, -0.2) is 4.79 Å². The van der Waals surface area contributed by atoms with Crippen molar-refractivity contribution < 1.29 is 10.2 Å². The van der Waals surface area contributed by atoms with Crippen LogP contribution in [0.5, 0.6) is 0 Å². The van der Waals surface area contributed by atoms with E-state index in [9.17, 15) is 9.59 Å². The molecule has 0 amide bonds. The van der Waals surface area contributed by atoms with Crippen LogP contribution in [0.4, 0.5) is 0 Å². The van der Waals surface area contributed by atoms with E-state index >= 15 is 0 Å². The number of aliphatic hydroxyl groups excluding tert-OH is 2. The summed E-state index contributed by atoms with van der Waals surface area (Å²) < 4.78 is 1.41. The van der Waals surface area contributed by atoms with Crippen LogP contribution in [0.2, 0.25) is 0 Å². The highest BCUT2D eigenvalue weighted by atomic mass is 16.3. The number of nitrogens with one attached hydrogen (secondary N) is 1. The molecule has 1 aromatic heterocycles. The van der Waals surface area contributed by atoms with Gasteiger partial charge in [0.1, 0.15) is 0 Å². The summed E-state index contributed by atoms with van der Waals surface area (Å²) >= 11 is 0. The van der Waals surface area contributed by atoms with Gasteiger partial charge >= 0.3 is 5.69 Å².